The van der Waals surface area contributed by atoms with Crippen LogP contribution >= 0.6 is 0 Å². The van der Waals surface area contributed by atoms with Crippen LogP contribution in [0.25, 0.3) is 5.69 Å². The fraction of sp³-hybridized carbons (Fsp3) is 0.265. The number of aromatic nitrogens is 1. The van der Waals surface area contributed by atoms with Crippen molar-refractivity contribution < 1.29 is 36.6 Å². The van der Waals surface area contributed by atoms with Crippen molar-refractivity contribution in [1.82, 2.24) is 4.57 Å². The molecular weight excluding hydrogens is 606 g/mol. The summed E-state index contributed by atoms with van der Waals surface area (Å²) < 4.78 is 69.2. The lowest BCUT2D eigenvalue weighted by molar-refractivity contribution is -0.135. The second-order valence-corrected chi connectivity index (χ2v) is 11.0. The Morgan fingerprint density at radius 2 is 1.52 bits per heavy atom. The lowest BCUT2D eigenvalue weighted by Gasteiger charge is -2.16. The molecule has 4 aromatic rings. The molecule has 1 fully saturated rings. The van der Waals surface area contributed by atoms with Gasteiger partial charge in [-0.2, -0.15) is 0 Å². The van der Waals surface area contributed by atoms with Gasteiger partial charge in [-0.3, -0.25) is 19.0 Å². The van der Waals surface area contributed by atoms with Gasteiger partial charge >= 0.3 is 5.97 Å². The zero-order valence-corrected chi connectivity index (χ0v) is 24.7. The van der Waals surface area contributed by atoms with E-state index < -0.39 is 57.2 Å². The van der Waals surface area contributed by atoms with Crippen molar-refractivity contribution in [2.24, 2.45) is 5.92 Å². The van der Waals surface area contributed by atoms with Crippen molar-refractivity contribution in [3.63, 3.8) is 0 Å². The van der Waals surface area contributed by atoms with E-state index in [-0.39, 0.29) is 18.3 Å². The molecule has 0 amide bonds. The SMILES string of the molecule is Nc1c(C(=O)c2ccc(F)cc2F)ccc(=O)n1-c1c(F)cc(OCCCNc2ccc(OC(=O)CC3CCCC3)cc2)cc1F. The van der Waals surface area contributed by atoms with Gasteiger partial charge in [-0.15, -0.1) is 0 Å². The number of anilines is 2. The van der Waals surface area contributed by atoms with Gasteiger partial charge in [-0.25, -0.2) is 17.6 Å². The largest absolute Gasteiger partial charge is 0.493 e. The number of halogens is 4. The maximum Gasteiger partial charge on any atom is 0.311 e. The van der Waals surface area contributed by atoms with E-state index in [1.807, 2.05) is 0 Å². The lowest BCUT2D eigenvalue weighted by atomic mass is 10.0. The molecule has 1 aliphatic carbocycles. The average molecular weight is 638 g/mol. The molecule has 1 saturated carbocycles. The van der Waals surface area contributed by atoms with Gasteiger partial charge in [0, 0.05) is 42.9 Å². The molecule has 0 saturated heterocycles. The van der Waals surface area contributed by atoms with E-state index in [4.69, 9.17) is 15.2 Å². The Bertz CT molecular complexity index is 1780. The summed E-state index contributed by atoms with van der Waals surface area (Å²) in [7, 11) is 0. The van der Waals surface area contributed by atoms with Gasteiger partial charge in [0.2, 0.25) is 0 Å². The number of benzene rings is 3. The van der Waals surface area contributed by atoms with E-state index in [9.17, 15) is 23.2 Å². The van der Waals surface area contributed by atoms with Crippen LogP contribution < -0.4 is 26.1 Å². The molecule has 0 radical (unpaired) electrons. The van der Waals surface area contributed by atoms with Crippen molar-refractivity contribution in [2.75, 3.05) is 24.2 Å². The minimum Gasteiger partial charge on any atom is -0.493 e. The van der Waals surface area contributed by atoms with E-state index in [2.05, 4.69) is 5.32 Å². The van der Waals surface area contributed by atoms with Crippen LogP contribution in [-0.2, 0) is 4.79 Å². The van der Waals surface area contributed by atoms with Crippen LogP contribution in [0, 0.1) is 29.2 Å². The Labute approximate surface area is 261 Å². The Balaban J connectivity index is 1.17. The summed E-state index contributed by atoms with van der Waals surface area (Å²) in [6.45, 7) is 0.558. The first-order valence-electron chi connectivity index (χ1n) is 14.8. The van der Waals surface area contributed by atoms with Crippen LogP contribution in [0.4, 0.5) is 29.1 Å². The summed E-state index contributed by atoms with van der Waals surface area (Å²) in [6, 6.07) is 12.8. The number of ketones is 1. The number of hydrogen-bond acceptors (Lipinski definition) is 7. The molecule has 5 rings (SSSR count). The number of rotatable bonds is 12. The third kappa shape index (κ3) is 7.56. The zero-order chi connectivity index (χ0) is 32.8. The summed E-state index contributed by atoms with van der Waals surface area (Å²) in [5.74, 6) is -5.60. The maximum atomic E-state index is 15.2. The first-order valence-corrected chi connectivity index (χ1v) is 14.8. The van der Waals surface area contributed by atoms with E-state index in [0.29, 0.717) is 41.7 Å². The molecule has 8 nitrogen and oxygen atoms in total. The molecular formula is C34H31F4N3O5. The number of esters is 1. The Morgan fingerprint density at radius 3 is 2.20 bits per heavy atom. The van der Waals surface area contributed by atoms with Crippen LogP contribution in [0.3, 0.4) is 0 Å². The third-order valence-corrected chi connectivity index (χ3v) is 7.70. The topological polar surface area (TPSA) is 113 Å². The average Bonchev–Trinajstić information content (AvgIpc) is 3.52. The van der Waals surface area contributed by atoms with Crippen molar-refractivity contribution >= 4 is 23.3 Å². The predicted molar refractivity (Wildman–Crippen MR) is 163 cm³/mol. The molecule has 46 heavy (non-hydrogen) atoms. The van der Waals surface area contributed by atoms with Crippen LogP contribution in [0.2, 0.25) is 0 Å². The molecule has 240 valence electrons. The zero-order valence-electron chi connectivity index (χ0n) is 24.7. The summed E-state index contributed by atoms with van der Waals surface area (Å²) >= 11 is 0. The summed E-state index contributed by atoms with van der Waals surface area (Å²) in [5, 5.41) is 3.18. The van der Waals surface area contributed by atoms with Gasteiger partial charge in [0.25, 0.3) is 5.56 Å². The van der Waals surface area contributed by atoms with Gasteiger partial charge in [-0.05, 0) is 67.6 Å². The molecule has 0 atom stereocenters. The summed E-state index contributed by atoms with van der Waals surface area (Å²) in [4.78, 5) is 37.6. The van der Waals surface area contributed by atoms with Crippen molar-refractivity contribution in [3.8, 4) is 17.2 Å². The van der Waals surface area contributed by atoms with E-state index in [1.54, 1.807) is 24.3 Å². The van der Waals surface area contributed by atoms with E-state index in [0.717, 1.165) is 67.8 Å². The molecule has 1 aliphatic rings. The molecule has 0 aliphatic heterocycles. The smallest absolute Gasteiger partial charge is 0.311 e. The highest BCUT2D eigenvalue weighted by Crippen LogP contribution is 2.29. The number of carbonyl (C=O) groups is 2. The van der Waals surface area contributed by atoms with Crippen LogP contribution in [0.5, 0.6) is 11.5 Å². The van der Waals surface area contributed by atoms with Crippen LogP contribution in [0.15, 0.2) is 71.5 Å². The summed E-state index contributed by atoms with van der Waals surface area (Å²) in [5.41, 5.74) is 4.02. The minimum absolute atomic E-state index is 0.0946. The van der Waals surface area contributed by atoms with Crippen molar-refractivity contribution in [1.29, 1.82) is 0 Å². The molecule has 0 bridgehead atoms. The fourth-order valence-electron chi connectivity index (χ4n) is 5.39. The Kier molecular flexibility index (Phi) is 10.0. The highest BCUT2D eigenvalue weighted by atomic mass is 19.1. The molecule has 1 aromatic heterocycles. The number of nitrogens with one attached hydrogen (secondary N) is 1. The molecule has 12 heteroatoms. The Hall–Kier alpha value is -5.13. The minimum atomic E-state index is -1.19. The molecule has 0 spiro atoms. The van der Waals surface area contributed by atoms with Gasteiger partial charge in [0.15, 0.2) is 17.4 Å². The number of nitrogen functional groups attached to an aromatic ring is 1. The van der Waals surface area contributed by atoms with Crippen LogP contribution in [0.1, 0.15) is 54.4 Å². The molecule has 0 unspecified atom stereocenters. The first-order chi connectivity index (χ1) is 22.1. The third-order valence-electron chi connectivity index (χ3n) is 7.70. The first kappa shape index (κ1) is 32.3. The number of nitrogens with two attached hydrogens (primary N) is 1. The second-order valence-electron chi connectivity index (χ2n) is 11.0. The standard InChI is InChI=1S/C34H31F4N3O5/c35-21-6-11-25(27(36)17-21)33(44)26-12-13-30(42)41(34(26)39)32-28(37)18-24(19-29(32)38)45-15-3-14-40-22-7-9-23(10-8-22)46-31(43)16-20-4-1-2-5-20/h6-13,17-20,40H,1-5,14-16,39H2. The summed E-state index contributed by atoms with van der Waals surface area (Å²) in [6.07, 6.45) is 5.34. The number of ether oxygens (including phenoxy) is 2. The fourth-order valence-corrected chi connectivity index (χ4v) is 5.39. The highest BCUT2D eigenvalue weighted by molar-refractivity contribution is 6.11. The maximum absolute atomic E-state index is 15.2. The van der Waals surface area contributed by atoms with Crippen molar-refractivity contribution in [3.05, 3.63) is 111 Å². The number of hydrogen-bond donors (Lipinski definition) is 2. The van der Waals surface area contributed by atoms with Gasteiger partial charge in [0.1, 0.15) is 34.6 Å². The Morgan fingerprint density at radius 1 is 0.848 bits per heavy atom. The van der Waals surface area contributed by atoms with Gasteiger partial charge in [-0.1, -0.05) is 12.8 Å². The monoisotopic (exact) mass is 637 g/mol. The molecule has 1 heterocycles. The van der Waals surface area contributed by atoms with Crippen LogP contribution in [-0.4, -0.2) is 29.5 Å². The lowest BCUT2D eigenvalue weighted by Crippen LogP contribution is -2.25. The van der Waals surface area contributed by atoms with E-state index >= 15 is 8.78 Å². The molecule has 3 aromatic carbocycles. The van der Waals surface area contributed by atoms with Gasteiger partial charge in [0.05, 0.1) is 17.7 Å². The highest BCUT2D eigenvalue weighted by Gasteiger charge is 2.24. The molecule has 3 N–H and O–H groups in total. The number of pyridine rings is 1. The van der Waals surface area contributed by atoms with Gasteiger partial charge < -0.3 is 20.5 Å². The normalized spacial score (nSPS) is 13.0. The number of carbonyl (C=O) groups excluding carboxylic acids is 2. The quantitative estimate of drug-likeness (QED) is 0.0594. The van der Waals surface area contributed by atoms with Crippen molar-refractivity contribution in [2.45, 2.75) is 38.5 Å². The predicted octanol–water partition coefficient (Wildman–Crippen LogP) is 6.57. The number of nitrogens with zero attached hydrogens (tertiary/aromatic N) is 1. The second kappa shape index (κ2) is 14.3. The van der Waals surface area contributed by atoms with E-state index in [1.165, 1.54) is 0 Å².